The number of hydrogen-bond donors (Lipinski definition) is 1. The minimum Gasteiger partial charge on any atom is -0.497 e. The predicted octanol–water partition coefficient (Wildman–Crippen LogP) is 3.24. The highest BCUT2D eigenvalue weighted by Crippen LogP contribution is 2.19. The van der Waals surface area contributed by atoms with Gasteiger partial charge in [0.05, 0.1) is 7.11 Å². The fraction of sp³-hybridized carbons (Fsp3) is 0.391. The van der Waals surface area contributed by atoms with E-state index in [0.29, 0.717) is 17.9 Å². The Morgan fingerprint density at radius 1 is 1.07 bits per heavy atom. The van der Waals surface area contributed by atoms with Crippen LogP contribution in [-0.2, 0) is 16.1 Å². The van der Waals surface area contributed by atoms with E-state index in [1.54, 1.807) is 19.1 Å². The summed E-state index contributed by atoms with van der Waals surface area (Å²) in [6.45, 7) is 6.06. The first-order chi connectivity index (χ1) is 13.9. The van der Waals surface area contributed by atoms with Crippen molar-refractivity contribution < 1.29 is 19.1 Å². The number of benzene rings is 2. The molecule has 2 aromatic carbocycles. The smallest absolute Gasteiger partial charge is 0.261 e. The summed E-state index contributed by atoms with van der Waals surface area (Å²) in [6, 6.07) is 12.6. The first kappa shape index (κ1) is 22.3. The van der Waals surface area contributed by atoms with Crippen LogP contribution in [0.3, 0.4) is 0 Å². The number of methoxy groups -OCH3 is 1. The van der Waals surface area contributed by atoms with Crippen LogP contribution in [0.1, 0.15) is 30.0 Å². The van der Waals surface area contributed by atoms with Crippen LogP contribution in [0.4, 0.5) is 0 Å². The number of likely N-dealkylation sites (N-methyl/N-ethyl adjacent to an activating group) is 1. The zero-order valence-corrected chi connectivity index (χ0v) is 17.8. The Labute approximate surface area is 172 Å². The lowest BCUT2D eigenvalue weighted by Gasteiger charge is -2.30. The summed E-state index contributed by atoms with van der Waals surface area (Å²) >= 11 is 0. The van der Waals surface area contributed by atoms with E-state index in [1.165, 1.54) is 0 Å². The lowest BCUT2D eigenvalue weighted by Crippen LogP contribution is -2.49. The van der Waals surface area contributed by atoms with Gasteiger partial charge in [0.2, 0.25) is 5.91 Å². The molecule has 0 unspecified atom stereocenters. The molecular formula is C23H30N2O4. The van der Waals surface area contributed by atoms with Crippen molar-refractivity contribution in [2.45, 2.75) is 39.8 Å². The van der Waals surface area contributed by atoms with Crippen LogP contribution in [0.15, 0.2) is 42.5 Å². The Morgan fingerprint density at radius 2 is 1.83 bits per heavy atom. The number of carbonyl (C=O) groups is 2. The largest absolute Gasteiger partial charge is 0.497 e. The average molecular weight is 399 g/mol. The highest BCUT2D eigenvalue weighted by molar-refractivity contribution is 5.88. The highest BCUT2D eigenvalue weighted by atomic mass is 16.5. The molecule has 2 rings (SSSR count). The summed E-state index contributed by atoms with van der Waals surface area (Å²) in [5.41, 5.74) is 3.14. The Bertz CT molecular complexity index is 851. The Morgan fingerprint density at radius 3 is 2.45 bits per heavy atom. The van der Waals surface area contributed by atoms with Gasteiger partial charge in [-0.25, -0.2) is 0 Å². The van der Waals surface area contributed by atoms with E-state index in [2.05, 4.69) is 5.32 Å². The highest BCUT2D eigenvalue weighted by Gasteiger charge is 2.28. The summed E-state index contributed by atoms with van der Waals surface area (Å²) in [7, 11) is 3.17. The van der Waals surface area contributed by atoms with Crippen LogP contribution in [0.25, 0.3) is 0 Å². The van der Waals surface area contributed by atoms with Crippen molar-refractivity contribution in [2.75, 3.05) is 20.8 Å². The first-order valence-corrected chi connectivity index (χ1v) is 9.73. The molecule has 1 N–H and O–H groups in total. The maximum atomic E-state index is 13.0. The normalized spacial score (nSPS) is 11.5. The van der Waals surface area contributed by atoms with Gasteiger partial charge in [-0.3, -0.25) is 9.59 Å². The van der Waals surface area contributed by atoms with Crippen molar-refractivity contribution in [3.63, 3.8) is 0 Å². The number of hydrogen-bond acceptors (Lipinski definition) is 4. The molecule has 0 aliphatic rings. The van der Waals surface area contributed by atoms with E-state index in [1.807, 2.05) is 63.2 Å². The van der Waals surface area contributed by atoms with E-state index < -0.39 is 6.04 Å². The van der Waals surface area contributed by atoms with Crippen LogP contribution in [-0.4, -0.2) is 43.5 Å². The second kappa shape index (κ2) is 10.5. The summed E-state index contributed by atoms with van der Waals surface area (Å²) in [4.78, 5) is 27.0. The molecule has 0 radical (unpaired) electrons. The topological polar surface area (TPSA) is 67.9 Å². The monoisotopic (exact) mass is 398 g/mol. The van der Waals surface area contributed by atoms with E-state index >= 15 is 0 Å². The Kier molecular flexibility index (Phi) is 8.07. The minimum absolute atomic E-state index is 0.139. The fourth-order valence-electron chi connectivity index (χ4n) is 3.09. The van der Waals surface area contributed by atoms with Gasteiger partial charge in [0, 0.05) is 13.6 Å². The number of aryl methyl sites for hydroxylation is 2. The third kappa shape index (κ3) is 5.98. The molecule has 29 heavy (non-hydrogen) atoms. The lowest BCUT2D eigenvalue weighted by molar-refractivity contribution is -0.142. The molecule has 156 valence electrons. The quantitative estimate of drug-likeness (QED) is 0.704. The van der Waals surface area contributed by atoms with Crippen LogP contribution < -0.4 is 14.8 Å². The van der Waals surface area contributed by atoms with Gasteiger partial charge in [0.15, 0.2) is 6.61 Å². The SMILES string of the molecule is CC[C@H](C(=O)NC)N(Cc1cccc(OC)c1)C(=O)COc1ccc(C)c(C)c1. The molecule has 0 aromatic heterocycles. The number of rotatable bonds is 9. The van der Waals surface area contributed by atoms with Crippen molar-refractivity contribution in [1.82, 2.24) is 10.2 Å². The number of ether oxygens (including phenoxy) is 2. The van der Waals surface area contributed by atoms with Crippen molar-refractivity contribution in [2.24, 2.45) is 0 Å². The number of nitrogens with zero attached hydrogens (tertiary/aromatic N) is 1. The van der Waals surface area contributed by atoms with Crippen molar-refractivity contribution in [3.8, 4) is 11.5 Å². The minimum atomic E-state index is -0.581. The van der Waals surface area contributed by atoms with Crippen molar-refractivity contribution >= 4 is 11.8 Å². The number of nitrogens with one attached hydrogen (secondary N) is 1. The third-order valence-electron chi connectivity index (χ3n) is 4.96. The summed E-state index contributed by atoms with van der Waals surface area (Å²) in [5, 5.41) is 2.65. The molecule has 0 saturated heterocycles. The van der Waals surface area contributed by atoms with Crippen LogP contribution >= 0.6 is 0 Å². The molecule has 1 atom stereocenters. The van der Waals surface area contributed by atoms with Gasteiger partial charge < -0.3 is 19.7 Å². The predicted molar refractivity (Wildman–Crippen MR) is 113 cm³/mol. The van der Waals surface area contributed by atoms with Crippen molar-refractivity contribution in [3.05, 3.63) is 59.2 Å². The zero-order valence-electron chi connectivity index (χ0n) is 17.8. The van der Waals surface area contributed by atoms with Gasteiger partial charge in [-0.1, -0.05) is 25.1 Å². The van der Waals surface area contributed by atoms with Gasteiger partial charge in [0.1, 0.15) is 17.5 Å². The lowest BCUT2D eigenvalue weighted by atomic mass is 10.1. The van der Waals surface area contributed by atoms with Gasteiger partial charge in [-0.05, 0) is 61.2 Å². The fourth-order valence-corrected chi connectivity index (χ4v) is 3.09. The Balaban J connectivity index is 2.21. The standard InChI is InChI=1S/C23H30N2O4/c1-6-21(23(27)24-4)25(14-18-8-7-9-19(13-18)28-5)22(26)15-29-20-11-10-16(2)17(3)12-20/h7-13,21H,6,14-15H2,1-5H3,(H,24,27)/t21-/m1/s1. The first-order valence-electron chi connectivity index (χ1n) is 9.73. The molecule has 0 fully saturated rings. The van der Waals surface area contributed by atoms with E-state index in [0.717, 1.165) is 16.7 Å². The molecule has 2 amide bonds. The number of amides is 2. The molecule has 0 bridgehead atoms. The van der Waals surface area contributed by atoms with E-state index in [-0.39, 0.29) is 25.0 Å². The van der Waals surface area contributed by atoms with Crippen molar-refractivity contribution in [1.29, 1.82) is 0 Å². The summed E-state index contributed by atoms with van der Waals surface area (Å²) in [6.07, 6.45) is 0.499. The average Bonchev–Trinajstić information content (AvgIpc) is 2.74. The summed E-state index contributed by atoms with van der Waals surface area (Å²) < 4.78 is 11.0. The Hall–Kier alpha value is -3.02. The number of carbonyl (C=O) groups excluding carboxylic acids is 2. The summed E-state index contributed by atoms with van der Waals surface area (Å²) in [5.74, 6) is 0.890. The second-order valence-electron chi connectivity index (χ2n) is 6.95. The zero-order chi connectivity index (χ0) is 21.4. The van der Waals surface area contributed by atoms with Gasteiger partial charge >= 0.3 is 0 Å². The molecule has 2 aromatic rings. The van der Waals surface area contributed by atoms with Crippen LogP contribution in [0.2, 0.25) is 0 Å². The molecular weight excluding hydrogens is 368 g/mol. The van der Waals surface area contributed by atoms with Gasteiger partial charge in [-0.2, -0.15) is 0 Å². The maximum absolute atomic E-state index is 13.0. The van der Waals surface area contributed by atoms with E-state index in [4.69, 9.17) is 9.47 Å². The molecule has 6 nitrogen and oxygen atoms in total. The molecule has 0 aliphatic heterocycles. The van der Waals surface area contributed by atoms with Gasteiger partial charge in [-0.15, -0.1) is 0 Å². The van der Waals surface area contributed by atoms with Crippen LogP contribution in [0, 0.1) is 13.8 Å². The molecule has 0 spiro atoms. The molecule has 6 heteroatoms. The molecule has 0 aliphatic carbocycles. The molecule has 0 saturated carbocycles. The van der Waals surface area contributed by atoms with Gasteiger partial charge in [0.25, 0.3) is 5.91 Å². The third-order valence-corrected chi connectivity index (χ3v) is 4.96. The molecule has 0 heterocycles. The maximum Gasteiger partial charge on any atom is 0.261 e. The van der Waals surface area contributed by atoms with Crippen LogP contribution in [0.5, 0.6) is 11.5 Å². The second-order valence-corrected chi connectivity index (χ2v) is 6.95. The van der Waals surface area contributed by atoms with E-state index in [9.17, 15) is 9.59 Å².